The maximum absolute atomic E-state index is 14.0. The standard InChI is InChI=1S/C25H23FN2O4/c1-30-17-12-21(31-2)19(22(13-17)32-3)14-27-25(29)24-23(15-7-5-4-6-8-15)18-11-16(26)9-10-20(18)28-24/h4-13,28H,14H2,1-3H3,(H,27,29). The second-order valence-electron chi connectivity index (χ2n) is 7.12. The van der Waals surface area contributed by atoms with Gasteiger partial charge in [0.25, 0.3) is 5.91 Å². The summed E-state index contributed by atoms with van der Waals surface area (Å²) >= 11 is 0. The number of nitrogens with one attached hydrogen (secondary N) is 2. The number of rotatable bonds is 7. The molecule has 0 saturated heterocycles. The molecule has 2 N–H and O–H groups in total. The van der Waals surface area contributed by atoms with Crippen molar-refractivity contribution in [2.45, 2.75) is 6.54 Å². The third-order valence-corrected chi connectivity index (χ3v) is 5.29. The van der Waals surface area contributed by atoms with Gasteiger partial charge in [-0.25, -0.2) is 4.39 Å². The molecule has 0 saturated carbocycles. The summed E-state index contributed by atoms with van der Waals surface area (Å²) in [5.41, 5.74) is 3.16. The average molecular weight is 434 g/mol. The van der Waals surface area contributed by atoms with E-state index in [1.165, 1.54) is 12.1 Å². The predicted molar refractivity (Wildman–Crippen MR) is 121 cm³/mol. The van der Waals surface area contributed by atoms with Gasteiger partial charge in [0.1, 0.15) is 28.8 Å². The lowest BCUT2D eigenvalue weighted by molar-refractivity contribution is 0.0947. The van der Waals surface area contributed by atoms with Crippen molar-refractivity contribution in [3.63, 3.8) is 0 Å². The SMILES string of the molecule is COc1cc(OC)c(CNC(=O)c2[nH]c3ccc(F)cc3c2-c2ccccc2)c(OC)c1. The fourth-order valence-electron chi connectivity index (χ4n) is 3.75. The highest BCUT2D eigenvalue weighted by Gasteiger charge is 2.21. The molecule has 1 aromatic heterocycles. The Hall–Kier alpha value is -4.00. The van der Waals surface area contributed by atoms with Crippen molar-refractivity contribution in [1.82, 2.24) is 10.3 Å². The first-order valence-corrected chi connectivity index (χ1v) is 9.99. The summed E-state index contributed by atoms with van der Waals surface area (Å²) < 4.78 is 30.2. The molecule has 0 unspecified atom stereocenters. The van der Waals surface area contributed by atoms with Gasteiger partial charge in [0.05, 0.1) is 33.4 Å². The molecule has 1 amide bonds. The summed E-state index contributed by atoms with van der Waals surface area (Å²) in [7, 11) is 4.64. The van der Waals surface area contributed by atoms with Crippen molar-refractivity contribution in [2.75, 3.05) is 21.3 Å². The lowest BCUT2D eigenvalue weighted by atomic mass is 10.0. The van der Waals surface area contributed by atoms with Crippen LogP contribution in [0.5, 0.6) is 17.2 Å². The highest BCUT2D eigenvalue weighted by atomic mass is 19.1. The average Bonchev–Trinajstić information content (AvgIpc) is 3.21. The number of carbonyl (C=O) groups is 1. The van der Waals surface area contributed by atoms with Crippen LogP contribution in [0.25, 0.3) is 22.0 Å². The molecule has 7 heteroatoms. The minimum atomic E-state index is -0.367. The molecule has 4 rings (SSSR count). The number of aromatic nitrogens is 1. The number of methoxy groups -OCH3 is 3. The molecule has 3 aromatic carbocycles. The minimum Gasteiger partial charge on any atom is -0.496 e. The second-order valence-corrected chi connectivity index (χ2v) is 7.12. The van der Waals surface area contributed by atoms with Crippen molar-refractivity contribution in [3.8, 4) is 28.4 Å². The summed E-state index contributed by atoms with van der Waals surface area (Å²) in [6.45, 7) is 0.160. The maximum atomic E-state index is 14.0. The zero-order valence-corrected chi connectivity index (χ0v) is 18.0. The van der Waals surface area contributed by atoms with Crippen LogP contribution in [0, 0.1) is 5.82 Å². The zero-order chi connectivity index (χ0) is 22.7. The van der Waals surface area contributed by atoms with Crippen LogP contribution in [0.2, 0.25) is 0 Å². The summed E-state index contributed by atoms with van der Waals surface area (Å²) in [5.74, 6) is 0.943. The number of ether oxygens (including phenoxy) is 3. The number of carbonyl (C=O) groups excluding carboxylic acids is 1. The van der Waals surface area contributed by atoms with E-state index in [0.717, 1.165) is 5.56 Å². The van der Waals surface area contributed by atoms with E-state index in [-0.39, 0.29) is 18.3 Å². The van der Waals surface area contributed by atoms with Gasteiger partial charge < -0.3 is 24.5 Å². The van der Waals surface area contributed by atoms with Gasteiger partial charge in [-0.05, 0) is 23.8 Å². The van der Waals surface area contributed by atoms with Gasteiger partial charge in [-0.15, -0.1) is 0 Å². The smallest absolute Gasteiger partial charge is 0.268 e. The van der Waals surface area contributed by atoms with Gasteiger partial charge in [0, 0.05) is 28.6 Å². The Morgan fingerprint density at radius 2 is 1.62 bits per heavy atom. The van der Waals surface area contributed by atoms with Crippen LogP contribution in [-0.2, 0) is 6.54 Å². The predicted octanol–water partition coefficient (Wildman–Crippen LogP) is 4.93. The number of halogens is 1. The van der Waals surface area contributed by atoms with Crippen molar-refractivity contribution < 1.29 is 23.4 Å². The van der Waals surface area contributed by atoms with Crippen molar-refractivity contribution in [1.29, 1.82) is 0 Å². The highest BCUT2D eigenvalue weighted by Crippen LogP contribution is 2.35. The van der Waals surface area contributed by atoms with Gasteiger partial charge in [-0.3, -0.25) is 4.79 Å². The van der Waals surface area contributed by atoms with Crippen molar-refractivity contribution in [3.05, 3.63) is 77.7 Å². The Morgan fingerprint density at radius 1 is 0.938 bits per heavy atom. The highest BCUT2D eigenvalue weighted by molar-refractivity contribution is 6.09. The van der Waals surface area contributed by atoms with Crippen LogP contribution in [-0.4, -0.2) is 32.2 Å². The fourth-order valence-corrected chi connectivity index (χ4v) is 3.75. The molecule has 6 nitrogen and oxygen atoms in total. The van der Waals surface area contributed by atoms with Crippen LogP contribution in [0.15, 0.2) is 60.7 Å². The summed E-state index contributed by atoms with van der Waals surface area (Å²) in [6.07, 6.45) is 0. The first-order chi connectivity index (χ1) is 15.5. The van der Waals surface area contributed by atoms with Crippen LogP contribution >= 0.6 is 0 Å². The number of hydrogen-bond donors (Lipinski definition) is 2. The van der Waals surface area contributed by atoms with E-state index in [0.29, 0.717) is 45.0 Å². The topological polar surface area (TPSA) is 72.6 Å². The molecule has 1 heterocycles. The number of aromatic amines is 1. The lowest BCUT2D eigenvalue weighted by Gasteiger charge is -2.15. The summed E-state index contributed by atoms with van der Waals surface area (Å²) in [5, 5.41) is 3.56. The van der Waals surface area contributed by atoms with Gasteiger partial charge in [-0.1, -0.05) is 30.3 Å². The van der Waals surface area contributed by atoms with Gasteiger partial charge in [0.15, 0.2) is 0 Å². The molecule has 32 heavy (non-hydrogen) atoms. The van der Waals surface area contributed by atoms with Gasteiger partial charge in [-0.2, -0.15) is 0 Å². The molecule has 0 aliphatic heterocycles. The van der Waals surface area contributed by atoms with Crippen molar-refractivity contribution in [2.24, 2.45) is 0 Å². The first kappa shape index (κ1) is 21.2. The molecule has 0 aliphatic rings. The monoisotopic (exact) mass is 434 g/mol. The Morgan fingerprint density at radius 3 is 2.25 bits per heavy atom. The summed E-state index contributed by atoms with van der Waals surface area (Å²) in [4.78, 5) is 16.4. The van der Waals surface area contributed by atoms with E-state index in [9.17, 15) is 9.18 Å². The van der Waals surface area contributed by atoms with E-state index in [4.69, 9.17) is 14.2 Å². The number of hydrogen-bond acceptors (Lipinski definition) is 4. The van der Waals surface area contributed by atoms with Gasteiger partial charge in [0.2, 0.25) is 0 Å². The van der Waals surface area contributed by atoms with E-state index in [1.807, 2.05) is 30.3 Å². The largest absolute Gasteiger partial charge is 0.496 e. The van der Waals surface area contributed by atoms with Crippen LogP contribution in [0.3, 0.4) is 0 Å². The zero-order valence-electron chi connectivity index (χ0n) is 18.0. The van der Waals surface area contributed by atoms with Crippen LogP contribution in [0.4, 0.5) is 4.39 Å². The molecule has 0 radical (unpaired) electrons. The number of fused-ring (bicyclic) bond motifs is 1. The molecule has 0 spiro atoms. The summed E-state index contributed by atoms with van der Waals surface area (Å²) in [6, 6.07) is 17.3. The van der Waals surface area contributed by atoms with E-state index in [1.54, 1.807) is 39.5 Å². The molecular weight excluding hydrogens is 411 g/mol. The van der Waals surface area contributed by atoms with Crippen LogP contribution < -0.4 is 19.5 Å². The number of benzene rings is 3. The van der Waals surface area contributed by atoms with E-state index < -0.39 is 0 Å². The van der Waals surface area contributed by atoms with E-state index in [2.05, 4.69) is 10.3 Å². The lowest BCUT2D eigenvalue weighted by Crippen LogP contribution is -2.24. The van der Waals surface area contributed by atoms with Gasteiger partial charge >= 0.3 is 0 Å². The molecule has 164 valence electrons. The number of amides is 1. The third kappa shape index (κ3) is 3.97. The second kappa shape index (κ2) is 9.01. The normalized spacial score (nSPS) is 10.8. The Labute approximate surface area is 184 Å². The number of H-pyrrole nitrogens is 1. The molecule has 0 fully saturated rings. The fraction of sp³-hybridized carbons (Fsp3) is 0.160. The first-order valence-electron chi connectivity index (χ1n) is 9.99. The Kier molecular flexibility index (Phi) is 5.98. The maximum Gasteiger partial charge on any atom is 0.268 e. The Balaban J connectivity index is 1.72. The molecule has 4 aromatic rings. The van der Waals surface area contributed by atoms with Crippen molar-refractivity contribution >= 4 is 16.8 Å². The molecular formula is C25H23FN2O4. The van der Waals surface area contributed by atoms with E-state index >= 15 is 0 Å². The molecule has 0 atom stereocenters. The van der Waals surface area contributed by atoms with Crippen LogP contribution in [0.1, 0.15) is 16.1 Å². The molecule has 0 bridgehead atoms. The minimum absolute atomic E-state index is 0.160. The Bertz CT molecular complexity index is 1240. The quantitative estimate of drug-likeness (QED) is 0.433. The third-order valence-electron chi connectivity index (χ3n) is 5.29. The molecule has 0 aliphatic carbocycles.